The van der Waals surface area contributed by atoms with Gasteiger partial charge < -0.3 is 26.0 Å². The molecule has 0 bridgehead atoms. The van der Waals surface area contributed by atoms with Gasteiger partial charge in [0.1, 0.15) is 22.4 Å². The number of nitrogens with one attached hydrogen (secondary N) is 2. The number of hydrogen-bond donors (Lipinski definition) is 5. The van der Waals surface area contributed by atoms with Crippen LogP contribution in [0, 0.1) is 12.8 Å². The van der Waals surface area contributed by atoms with Crippen LogP contribution in [0.25, 0.3) is 20.8 Å². The van der Waals surface area contributed by atoms with Gasteiger partial charge in [-0.15, -0.1) is 11.3 Å². The zero-order valence-electron chi connectivity index (χ0n) is 18.3. The number of aromatic nitrogens is 4. The van der Waals surface area contributed by atoms with Gasteiger partial charge in [-0.05, 0) is 46.1 Å². The van der Waals surface area contributed by atoms with E-state index in [1.54, 1.807) is 26.2 Å². The lowest BCUT2D eigenvalue weighted by Crippen LogP contribution is -2.40. The normalized spacial score (nSPS) is 25.9. The molecule has 2 saturated carbocycles. The molecule has 3 aromatic heterocycles. The molecular weight excluding hydrogens is 428 g/mol. The van der Waals surface area contributed by atoms with Crippen LogP contribution in [0.5, 0.6) is 0 Å². The van der Waals surface area contributed by atoms with E-state index in [1.807, 2.05) is 13.0 Å². The number of fused-ring (bicyclic) bond motifs is 1. The number of nitrogens with zero attached hydrogens (tertiary/aromatic N) is 4. The van der Waals surface area contributed by atoms with Gasteiger partial charge in [-0.2, -0.15) is 4.98 Å². The Morgan fingerprint density at radius 3 is 2.53 bits per heavy atom. The summed E-state index contributed by atoms with van der Waals surface area (Å²) in [6, 6.07) is 1.84. The van der Waals surface area contributed by atoms with Gasteiger partial charge in [0, 0.05) is 18.2 Å². The van der Waals surface area contributed by atoms with E-state index in [1.165, 1.54) is 11.3 Å². The highest BCUT2D eigenvalue weighted by molar-refractivity contribution is 7.21. The Hall–Kier alpha value is -2.40. The maximum absolute atomic E-state index is 10.7. The van der Waals surface area contributed by atoms with Crippen LogP contribution >= 0.6 is 11.3 Å². The molecule has 0 unspecified atom stereocenters. The first-order chi connectivity index (χ1) is 15.2. The summed E-state index contributed by atoms with van der Waals surface area (Å²) >= 11 is 1.53. The Kier molecular flexibility index (Phi) is 5.28. The number of aliphatic hydroxyl groups excluding tert-OH is 2. The monoisotopic (exact) mass is 456 g/mol. The molecule has 3 aromatic rings. The summed E-state index contributed by atoms with van der Waals surface area (Å²) < 4.78 is 1.01. The van der Waals surface area contributed by atoms with Crippen LogP contribution in [0.15, 0.2) is 18.5 Å². The van der Waals surface area contributed by atoms with Crippen LogP contribution in [0.4, 0.5) is 11.8 Å². The fourth-order valence-electron chi connectivity index (χ4n) is 4.35. The molecule has 3 heterocycles. The van der Waals surface area contributed by atoms with Gasteiger partial charge in [0.15, 0.2) is 0 Å². The van der Waals surface area contributed by atoms with E-state index >= 15 is 0 Å². The van der Waals surface area contributed by atoms with Crippen LogP contribution in [0.3, 0.4) is 0 Å². The summed E-state index contributed by atoms with van der Waals surface area (Å²) in [6.45, 7) is 5.23. The number of thiazole rings is 1. The molecule has 0 amide bonds. The topological polar surface area (TPSA) is 136 Å². The third kappa shape index (κ3) is 4.03. The second kappa shape index (κ2) is 7.87. The molecule has 2 aliphatic rings. The number of hydrogen-bond acceptors (Lipinski definition) is 10. The molecule has 0 saturated heterocycles. The molecule has 5 rings (SSSR count). The Balaban J connectivity index is 1.54. The lowest BCUT2D eigenvalue weighted by atomic mass is 9.88. The van der Waals surface area contributed by atoms with E-state index in [0.29, 0.717) is 24.2 Å². The molecule has 4 atom stereocenters. The molecule has 5 N–H and O–H groups in total. The van der Waals surface area contributed by atoms with Crippen LogP contribution < -0.4 is 10.6 Å². The van der Waals surface area contributed by atoms with Gasteiger partial charge >= 0.3 is 0 Å². The molecule has 32 heavy (non-hydrogen) atoms. The maximum atomic E-state index is 10.7. The van der Waals surface area contributed by atoms with Crippen molar-refractivity contribution in [3.63, 3.8) is 0 Å². The maximum Gasteiger partial charge on any atom is 0.225 e. The van der Waals surface area contributed by atoms with E-state index in [9.17, 15) is 15.3 Å². The molecule has 2 fully saturated rings. The molecule has 10 heteroatoms. The molecule has 0 radical (unpaired) electrons. The first kappa shape index (κ1) is 21.4. The van der Waals surface area contributed by atoms with Crippen molar-refractivity contribution >= 4 is 33.3 Å². The fraction of sp³-hybridized carbons (Fsp3) is 0.545. The number of pyridine rings is 1. The zero-order chi connectivity index (χ0) is 22.6. The Morgan fingerprint density at radius 1 is 1.09 bits per heavy atom. The van der Waals surface area contributed by atoms with Gasteiger partial charge in [-0.1, -0.05) is 0 Å². The van der Waals surface area contributed by atoms with Gasteiger partial charge in [0.25, 0.3) is 0 Å². The van der Waals surface area contributed by atoms with Crippen molar-refractivity contribution in [2.24, 2.45) is 5.92 Å². The Morgan fingerprint density at radius 2 is 1.88 bits per heavy atom. The lowest BCUT2D eigenvalue weighted by Gasteiger charge is -2.28. The first-order valence-electron chi connectivity index (χ1n) is 10.9. The van der Waals surface area contributed by atoms with Gasteiger partial charge in [-0.25, -0.2) is 9.97 Å². The lowest BCUT2D eigenvalue weighted by molar-refractivity contribution is -0.0601. The number of aliphatic hydroxyl groups is 3. The molecule has 0 spiro atoms. The molecule has 0 aliphatic heterocycles. The standard InChI is InChI=1S/C22H28N6O3S/c1-10-16(20-27-14-9-23-7-6-15(14)32-20)19(28-21(24-10)25-11-4-5-11)26-13-8-12(22(2,3)31)17(29)18(13)30/h6-7,9,11-13,17-18,29-31H,4-5,8H2,1-3H3,(H2,24,25,26,28)/t12-,13+,17+,18-/m0/s1. The number of rotatable bonds is 6. The summed E-state index contributed by atoms with van der Waals surface area (Å²) in [4.78, 5) is 18.3. The molecule has 2 aliphatic carbocycles. The average molecular weight is 457 g/mol. The van der Waals surface area contributed by atoms with E-state index < -0.39 is 29.8 Å². The quantitative estimate of drug-likeness (QED) is 0.378. The molecule has 9 nitrogen and oxygen atoms in total. The highest BCUT2D eigenvalue weighted by atomic mass is 32.1. The van der Waals surface area contributed by atoms with Crippen LogP contribution in [-0.2, 0) is 0 Å². The molecular formula is C22H28N6O3S. The molecule has 170 valence electrons. The summed E-state index contributed by atoms with van der Waals surface area (Å²) in [6.07, 6.45) is 4.00. The average Bonchev–Trinajstić information content (AvgIpc) is 3.35. The van der Waals surface area contributed by atoms with E-state index in [4.69, 9.17) is 9.97 Å². The van der Waals surface area contributed by atoms with E-state index in [2.05, 4.69) is 20.6 Å². The van der Waals surface area contributed by atoms with Crippen LogP contribution in [0.1, 0.15) is 38.8 Å². The van der Waals surface area contributed by atoms with Crippen molar-refractivity contribution in [2.75, 3.05) is 10.6 Å². The Labute approximate surface area is 190 Å². The number of aryl methyl sites for hydroxylation is 1. The van der Waals surface area contributed by atoms with E-state index in [-0.39, 0.29) is 0 Å². The predicted octanol–water partition coefficient (Wildman–Crippen LogP) is 2.32. The van der Waals surface area contributed by atoms with Crippen molar-refractivity contribution in [1.29, 1.82) is 0 Å². The fourth-order valence-corrected chi connectivity index (χ4v) is 5.38. The van der Waals surface area contributed by atoms with E-state index in [0.717, 1.165) is 39.3 Å². The summed E-state index contributed by atoms with van der Waals surface area (Å²) in [5.41, 5.74) is 1.22. The van der Waals surface area contributed by atoms with Gasteiger partial charge in [0.05, 0.1) is 39.9 Å². The van der Waals surface area contributed by atoms with Crippen molar-refractivity contribution in [1.82, 2.24) is 19.9 Å². The largest absolute Gasteiger partial charge is 0.390 e. The minimum atomic E-state index is -1.11. The minimum absolute atomic E-state index is 0.389. The second-order valence-electron chi connectivity index (χ2n) is 9.37. The molecule has 0 aromatic carbocycles. The van der Waals surface area contributed by atoms with Crippen LogP contribution in [0.2, 0.25) is 0 Å². The zero-order valence-corrected chi connectivity index (χ0v) is 19.1. The summed E-state index contributed by atoms with van der Waals surface area (Å²) in [7, 11) is 0. The predicted molar refractivity (Wildman–Crippen MR) is 124 cm³/mol. The highest BCUT2D eigenvalue weighted by Crippen LogP contribution is 2.40. The first-order valence-corrected chi connectivity index (χ1v) is 11.7. The summed E-state index contributed by atoms with van der Waals surface area (Å²) in [5.74, 6) is 0.630. The third-order valence-electron chi connectivity index (χ3n) is 6.32. The van der Waals surface area contributed by atoms with Crippen molar-refractivity contribution in [3.05, 3.63) is 24.2 Å². The second-order valence-corrected chi connectivity index (χ2v) is 10.4. The third-order valence-corrected chi connectivity index (χ3v) is 7.37. The van der Waals surface area contributed by atoms with Crippen molar-refractivity contribution in [3.8, 4) is 10.6 Å². The highest BCUT2D eigenvalue weighted by Gasteiger charge is 2.48. The minimum Gasteiger partial charge on any atom is -0.390 e. The van der Waals surface area contributed by atoms with Crippen LogP contribution in [-0.4, -0.2) is 65.1 Å². The SMILES string of the molecule is Cc1nc(NC2CC2)nc(N[C@@H]2C[C@H](C(C)(C)O)[C@@H](O)[C@H]2O)c1-c1nc2cnccc2s1. The van der Waals surface area contributed by atoms with Crippen molar-refractivity contribution < 1.29 is 15.3 Å². The smallest absolute Gasteiger partial charge is 0.225 e. The number of anilines is 2. The Bertz CT molecular complexity index is 1110. The van der Waals surface area contributed by atoms with Gasteiger partial charge in [-0.3, -0.25) is 4.98 Å². The van der Waals surface area contributed by atoms with Gasteiger partial charge in [0.2, 0.25) is 5.95 Å². The van der Waals surface area contributed by atoms with Crippen molar-refractivity contribution in [2.45, 2.75) is 69.9 Å². The summed E-state index contributed by atoms with van der Waals surface area (Å²) in [5, 5.41) is 39.2.